The molecule has 0 bridgehead atoms. The number of carbonyl (C=O) groups is 3. The summed E-state index contributed by atoms with van der Waals surface area (Å²) in [6, 6.07) is 13.1. The van der Waals surface area contributed by atoms with Crippen molar-refractivity contribution < 1.29 is 28.6 Å². The van der Waals surface area contributed by atoms with Crippen LogP contribution < -0.4 is 20.1 Å². The molecule has 3 aromatic rings. The van der Waals surface area contributed by atoms with Gasteiger partial charge in [0.25, 0.3) is 11.8 Å². The Bertz CT molecular complexity index is 1500. The van der Waals surface area contributed by atoms with Crippen molar-refractivity contribution in [2.75, 3.05) is 26.6 Å². The van der Waals surface area contributed by atoms with Crippen LogP contribution in [0.2, 0.25) is 0 Å². The summed E-state index contributed by atoms with van der Waals surface area (Å²) in [5.74, 6) is -0.229. The second kappa shape index (κ2) is 13.7. The summed E-state index contributed by atoms with van der Waals surface area (Å²) in [7, 11) is 4.46. The fraction of sp³-hybridized carbons (Fsp3) is 0.312. The van der Waals surface area contributed by atoms with Gasteiger partial charge in [0.1, 0.15) is 6.04 Å². The molecule has 0 saturated heterocycles. The molecule has 10 nitrogen and oxygen atoms in total. The molecule has 4 rings (SSSR count). The number of rotatable bonds is 9. The van der Waals surface area contributed by atoms with Gasteiger partial charge in [-0.2, -0.15) is 5.10 Å². The number of nitrogens with zero attached hydrogens (tertiary/aromatic N) is 2. The Labute approximate surface area is 245 Å². The number of hydrogen-bond acceptors (Lipinski definition) is 7. The maximum Gasteiger partial charge on any atom is 0.328 e. The van der Waals surface area contributed by atoms with Gasteiger partial charge in [-0.1, -0.05) is 26.0 Å². The van der Waals surface area contributed by atoms with E-state index in [-0.39, 0.29) is 17.5 Å². The van der Waals surface area contributed by atoms with E-state index in [1.165, 1.54) is 7.11 Å². The first-order valence-electron chi connectivity index (χ1n) is 13.7. The summed E-state index contributed by atoms with van der Waals surface area (Å²) in [6.45, 7) is 3.64. The molecule has 1 atom stereocenters. The first-order chi connectivity index (χ1) is 20.2. The predicted molar refractivity (Wildman–Crippen MR) is 160 cm³/mol. The van der Waals surface area contributed by atoms with Crippen LogP contribution in [0.15, 0.2) is 66.8 Å². The maximum absolute atomic E-state index is 13.3. The van der Waals surface area contributed by atoms with Crippen LogP contribution in [0.5, 0.6) is 11.5 Å². The van der Waals surface area contributed by atoms with E-state index in [9.17, 15) is 14.4 Å². The topological polar surface area (TPSA) is 121 Å². The number of fused-ring (bicyclic) bond motifs is 1. The number of benzene rings is 2. The van der Waals surface area contributed by atoms with Crippen molar-refractivity contribution in [2.45, 2.75) is 39.2 Å². The molecular weight excluding hydrogens is 536 g/mol. The number of aryl methyl sites for hydroxylation is 1. The van der Waals surface area contributed by atoms with E-state index in [0.29, 0.717) is 22.7 Å². The van der Waals surface area contributed by atoms with Crippen LogP contribution in [0, 0.1) is 5.92 Å². The van der Waals surface area contributed by atoms with E-state index in [0.717, 1.165) is 36.2 Å². The molecule has 2 aromatic carbocycles. The third-order valence-corrected chi connectivity index (χ3v) is 6.93. The Morgan fingerprint density at radius 3 is 2.33 bits per heavy atom. The smallest absolute Gasteiger partial charge is 0.328 e. The number of ether oxygens (including phenoxy) is 3. The van der Waals surface area contributed by atoms with Gasteiger partial charge in [-0.25, -0.2) is 9.48 Å². The van der Waals surface area contributed by atoms with Gasteiger partial charge >= 0.3 is 5.97 Å². The number of anilines is 1. The molecule has 0 spiro atoms. The Hall–Kier alpha value is -4.86. The minimum Gasteiger partial charge on any atom is -0.493 e. The molecule has 0 fully saturated rings. The summed E-state index contributed by atoms with van der Waals surface area (Å²) < 4.78 is 17.5. The van der Waals surface area contributed by atoms with Gasteiger partial charge in [-0.05, 0) is 79.8 Å². The molecule has 0 saturated carbocycles. The third kappa shape index (κ3) is 6.88. The largest absolute Gasteiger partial charge is 0.493 e. The molecule has 2 N–H and O–H groups in total. The summed E-state index contributed by atoms with van der Waals surface area (Å²) >= 11 is 0. The molecule has 1 aliphatic heterocycles. The summed E-state index contributed by atoms with van der Waals surface area (Å²) in [5, 5.41) is 10.3. The van der Waals surface area contributed by atoms with Crippen LogP contribution in [-0.4, -0.2) is 54.9 Å². The second-order valence-corrected chi connectivity index (χ2v) is 10.1. The van der Waals surface area contributed by atoms with Crippen molar-refractivity contribution in [3.05, 3.63) is 89.3 Å². The molecule has 10 heteroatoms. The quantitative estimate of drug-likeness (QED) is 0.351. The molecule has 220 valence electrons. The standard InChI is InChI=1S/C32H36N4O6/c1-20(2)29(32(39)42-5)34-30(37)21-12-15-23(16-13-21)33-31(38)25-19-24-10-8-6-7-9-11-26(36(24)35-25)22-14-17-27(40-3)28(18-22)41-4/h7,9,11-20,29H,6,8,10H2,1-5H3,(H,33,38)(H,34,37)/b9-7-,26-11-/t29-/m0/s1. The Morgan fingerprint density at radius 1 is 0.929 bits per heavy atom. The van der Waals surface area contributed by atoms with E-state index in [1.807, 2.05) is 44.2 Å². The molecule has 2 amide bonds. The van der Waals surface area contributed by atoms with Gasteiger partial charge < -0.3 is 24.8 Å². The Kier molecular flexibility index (Phi) is 9.80. The zero-order chi connectivity index (χ0) is 30.2. The summed E-state index contributed by atoms with van der Waals surface area (Å²) in [4.78, 5) is 38.0. The maximum atomic E-state index is 13.3. The molecular formula is C32H36N4O6. The van der Waals surface area contributed by atoms with Gasteiger partial charge in [0.2, 0.25) is 0 Å². The number of carbonyl (C=O) groups excluding carboxylic acids is 3. The fourth-order valence-electron chi connectivity index (χ4n) is 4.61. The highest BCUT2D eigenvalue weighted by atomic mass is 16.5. The number of aromatic nitrogens is 2. The van der Waals surface area contributed by atoms with Crippen molar-refractivity contribution in [3.63, 3.8) is 0 Å². The van der Waals surface area contributed by atoms with Crippen molar-refractivity contribution in [3.8, 4) is 11.5 Å². The number of methoxy groups -OCH3 is 3. The van der Waals surface area contributed by atoms with Gasteiger partial charge in [-0.3, -0.25) is 9.59 Å². The first-order valence-corrected chi connectivity index (χ1v) is 13.7. The predicted octanol–water partition coefficient (Wildman–Crippen LogP) is 4.86. The van der Waals surface area contributed by atoms with Gasteiger partial charge in [0, 0.05) is 22.5 Å². The average molecular weight is 573 g/mol. The lowest BCUT2D eigenvalue weighted by Crippen LogP contribution is -2.45. The van der Waals surface area contributed by atoms with Gasteiger partial charge in [0.15, 0.2) is 17.2 Å². The fourth-order valence-corrected chi connectivity index (χ4v) is 4.61. The molecule has 1 aromatic heterocycles. The minimum atomic E-state index is -0.764. The third-order valence-electron chi connectivity index (χ3n) is 6.93. The summed E-state index contributed by atoms with van der Waals surface area (Å²) in [5.41, 5.74) is 3.67. The normalized spacial score (nSPS) is 15.5. The van der Waals surface area contributed by atoms with Crippen molar-refractivity contribution in [1.82, 2.24) is 15.1 Å². The molecule has 0 radical (unpaired) electrons. The lowest BCUT2D eigenvalue weighted by Gasteiger charge is -2.19. The van der Waals surface area contributed by atoms with Crippen LogP contribution in [-0.2, 0) is 16.0 Å². The highest BCUT2D eigenvalue weighted by Gasteiger charge is 2.25. The van der Waals surface area contributed by atoms with Crippen LogP contribution >= 0.6 is 0 Å². The lowest BCUT2D eigenvalue weighted by molar-refractivity contribution is -0.144. The number of nitrogens with one attached hydrogen (secondary N) is 2. The molecule has 0 aliphatic carbocycles. The van der Waals surface area contributed by atoms with E-state index in [1.54, 1.807) is 49.2 Å². The van der Waals surface area contributed by atoms with Crippen LogP contribution in [0.25, 0.3) is 5.70 Å². The molecule has 42 heavy (non-hydrogen) atoms. The first kappa shape index (κ1) is 30.1. The van der Waals surface area contributed by atoms with E-state index in [4.69, 9.17) is 14.2 Å². The summed E-state index contributed by atoms with van der Waals surface area (Å²) in [6.07, 6.45) is 8.63. The van der Waals surface area contributed by atoms with Crippen LogP contribution in [0.1, 0.15) is 58.8 Å². The zero-order valence-corrected chi connectivity index (χ0v) is 24.5. The monoisotopic (exact) mass is 572 g/mol. The number of allylic oxidation sites excluding steroid dienone is 3. The highest BCUT2D eigenvalue weighted by molar-refractivity contribution is 6.03. The zero-order valence-electron chi connectivity index (χ0n) is 24.5. The number of hydrogen-bond donors (Lipinski definition) is 2. The minimum absolute atomic E-state index is 0.142. The van der Waals surface area contributed by atoms with E-state index < -0.39 is 17.9 Å². The molecule has 0 unspecified atom stereocenters. The lowest BCUT2D eigenvalue weighted by atomic mass is 10.0. The Balaban J connectivity index is 1.55. The number of amides is 2. The Morgan fingerprint density at radius 2 is 1.67 bits per heavy atom. The SMILES string of the molecule is COC(=O)[C@@H](NC(=O)c1ccc(NC(=O)c2cc3n(n2)/C(c2ccc(OC)c(OC)c2)=C\C=C/CCC3)cc1)C(C)C. The highest BCUT2D eigenvalue weighted by Crippen LogP contribution is 2.32. The second-order valence-electron chi connectivity index (χ2n) is 10.1. The van der Waals surface area contributed by atoms with Crippen molar-refractivity contribution >= 4 is 29.2 Å². The van der Waals surface area contributed by atoms with Crippen molar-refractivity contribution in [2.24, 2.45) is 5.92 Å². The number of esters is 1. The van der Waals surface area contributed by atoms with Gasteiger partial charge in [-0.15, -0.1) is 0 Å². The van der Waals surface area contributed by atoms with Crippen molar-refractivity contribution in [1.29, 1.82) is 0 Å². The molecule has 2 heterocycles. The average Bonchev–Trinajstić information content (AvgIpc) is 3.45. The van der Waals surface area contributed by atoms with E-state index in [2.05, 4.69) is 21.8 Å². The van der Waals surface area contributed by atoms with Crippen LogP contribution in [0.3, 0.4) is 0 Å². The van der Waals surface area contributed by atoms with Gasteiger partial charge in [0.05, 0.1) is 27.0 Å². The van der Waals surface area contributed by atoms with Crippen LogP contribution in [0.4, 0.5) is 5.69 Å². The van der Waals surface area contributed by atoms with E-state index >= 15 is 0 Å². The molecule has 1 aliphatic rings.